The largest absolute Gasteiger partial charge is 0.410 e. The first-order valence-electron chi connectivity index (χ1n) is 4.42. The molecule has 0 fully saturated rings. The Kier molecular flexibility index (Phi) is 1.42. The molecule has 1 aromatic carbocycles. The predicted molar refractivity (Wildman–Crippen MR) is 52.5 cm³/mol. The molecule has 6 nitrogen and oxygen atoms in total. The number of hydrogen-bond acceptors (Lipinski definition) is 5. The molecule has 2 heterocycles. The molecule has 1 N–H and O–H groups in total. The van der Waals surface area contributed by atoms with E-state index < -0.39 is 0 Å². The Morgan fingerprint density at radius 1 is 1.27 bits per heavy atom. The van der Waals surface area contributed by atoms with Gasteiger partial charge in [0.1, 0.15) is 11.0 Å². The first kappa shape index (κ1) is 8.10. The van der Waals surface area contributed by atoms with Gasteiger partial charge in [-0.2, -0.15) is 10.2 Å². The molecule has 0 saturated carbocycles. The molecular weight excluding hydrogens is 194 g/mol. The smallest absolute Gasteiger partial charge is 0.134 e. The van der Waals surface area contributed by atoms with E-state index in [1.165, 1.54) is 0 Å². The lowest BCUT2D eigenvalue weighted by atomic mass is 10.1. The minimum absolute atomic E-state index is 0.607. The summed E-state index contributed by atoms with van der Waals surface area (Å²) >= 11 is 0. The van der Waals surface area contributed by atoms with Gasteiger partial charge in [0.2, 0.25) is 0 Å². The predicted octanol–water partition coefficient (Wildman–Crippen LogP) is 0.920. The number of benzene rings is 1. The summed E-state index contributed by atoms with van der Waals surface area (Å²) in [4.78, 5) is 0.782. The van der Waals surface area contributed by atoms with Gasteiger partial charge < -0.3 is 5.21 Å². The highest BCUT2D eigenvalue weighted by atomic mass is 16.5. The Morgan fingerprint density at radius 3 is 2.93 bits per heavy atom. The molecule has 0 radical (unpaired) electrons. The lowest BCUT2D eigenvalue weighted by Crippen LogP contribution is -1.93. The molecule has 15 heavy (non-hydrogen) atoms. The number of rotatable bonds is 0. The van der Waals surface area contributed by atoms with E-state index in [0.717, 1.165) is 21.2 Å². The zero-order valence-electron chi connectivity index (χ0n) is 7.92. The van der Waals surface area contributed by atoms with Crippen LogP contribution in [0.3, 0.4) is 0 Å². The lowest BCUT2D eigenvalue weighted by Gasteiger charge is -2.00. The highest BCUT2D eigenvalue weighted by molar-refractivity contribution is 6.04. The van der Waals surface area contributed by atoms with Gasteiger partial charge in [-0.3, -0.25) is 0 Å². The molecule has 0 aliphatic carbocycles. The van der Waals surface area contributed by atoms with Crippen molar-refractivity contribution in [1.82, 2.24) is 25.4 Å². The van der Waals surface area contributed by atoms with E-state index >= 15 is 0 Å². The fourth-order valence-corrected chi connectivity index (χ4v) is 1.74. The molecule has 0 spiro atoms. The molecular formula is C9H7N5O. The Labute approximate surface area is 84.1 Å². The van der Waals surface area contributed by atoms with Crippen LogP contribution in [0, 0.1) is 6.92 Å². The molecule has 0 aliphatic rings. The van der Waals surface area contributed by atoms with Gasteiger partial charge in [0, 0.05) is 10.8 Å². The van der Waals surface area contributed by atoms with E-state index in [0.29, 0.717) is 11.0 Å². The molecule has 0 bridgehead atoms. The maximum Gasteiger partial charge on any atom is 0.134 e. The van der Waals surface area contributed by atoms with Crippen LogP contribution in [0.5, 0.6) is 0 Å². The minimum Gasteiger partial charge on any atom is -0.410 e. The molecule has 3 aromatic rings. The van der Waals surface area contributed by atoms with Gasteiger partial charge in [-0.25, -0.2) is 0 Å². The summed E-state index contributed by atoms with van der Waals surface area (Å²) < 4.78 is 0. The fraction of sp³-hybridized carbons (Fsp3) is 0.111. The highest BCUT2D eigenvalue weighted by Crippen LogP contribution is 2.24. The zero-order chi connectivity index (χ0) is 10.4. The minimum atomic E-state index is 0.607. The second kappa shape index (κ2) is 2.63. The molecule has 2 aromatic heterocycles. The lowest BCUT2D eigenvalue weighted by molar-refractivity contribution is 0.154. The van der Waals surface area contributed by atoms with Crippen LogP contribution in [0.25, 0.3) is 21.8 Å². The first-order chi connectivity index (χ1) is 7.27. The van der Waals surface area contributed by atoms with Crippen LogP contribution in [0.2, 0.25) is 0 Å². The SMILES string of the molecule is Cc1cc2cnncc2c2nnn(O)c12. The Hall–Kier alpha value is -2.24. The van der Waals surface area contributed by atoms with E-state index in [-0.39, 0.29) is 0 Å². The third-order valence-corrected chi connectivity index (χ3v) is 2.42. The number of aryl methyl sites for hydroxylation is 1. The summed E-state index contributed by atoms with van der Waals surface area (Å²) in [5.41, 5.74) is 2.15. The van der Waals surface area contributed by atoms with Crippen LogP contribution in [-0.2, 0) is 0 Å². The summed E-state index contributed by atoms with van der Waals surface area (Å²) in [5, 5.41) is 26.3. The van der Waals surface area contributed by atoms with Crippen molar-refractivity contribution < 1.29 is 5.21 Å². The van der Waals surface area contributed by atoms with E-state index in [9.17, 15) is 5.21 Å². The Balaban J connectivity index is 2.65. The first-order valence-corrected chi connectivity index (χ1v) is 4.42. The average Bonchev–Trinajstić information content (AvgIpc) is 2.62. The van der Waals surface area contributed by atoms with Crippen molar-refractivity contribution in [3.05, 3.63) is 24.0 Å². The van der Waals surface area contributed by atoms with Crippen molar-refractivity contribution in [3.8, 4) is 0 Å². The molecule has 0 amide bonds. The van der Waals surface area contributed by atoms with Crippen molar-refractivity contribution in [2.75, 3.05) is 0 Å². The fourth-order valence-electron chi connectivity index (χ4n) is 1.74. The maximum atomic E-state index is 9.46. The van der Waals surface area contributed by atoms with E-state index in [1.807, 2.05) is 13.0 Å². The van der Waals surface area contributed by atoms with E-state index in [2.05, 4.69) is 20.5 Å². The molecule has 6 heteroatoms. The summed E-state index contributed by atoms with van der Waals surface area (Å²) in [6.45, 7) is 1.89. The molecule has 0 atom stereocenters. The molecule has 0 aliphatic heterocycles. The summed E-state index contributed by atoms with van der Waals surface area (Å²) in [7, 11) is 0. The summed E-state index contributed by atoms with van der Waals surface area (Å²) in [6.07, 6.45) is 3.28. The standard InChI is InChI=1S/C9H7N5O/c1-5-2-6-3-10-11-4-7(6)8-9(5)14(15)13-12-8/h2-4,15H,1H3. The van der Waals surface area contributed by atoms with Crippen LogP contribution in [0.4, 0.5) is 0 Å². The van der Waals surface area contributed by atoms with Crippen LogP contribution >= 0.6 is 0 Å². The highest BCUT2D eigenvalue weighted by Gasteiger charge is 2.11. The van der Waals surface area contributed by atoms with Crippen molar-refractivity contribution in [1.29, 1.82) is 0 Å². The zero-order valence-corrected chi connectivity index (χ0v) is 7.92. The Morgan fingerprint density at radius 2 is 2.07 bits per heavy atom. The summed E-state index contributed by atoms with van der Waals surface area (Å²) in [5.74, 6) is 0. The van der Waals surface area contributed by atoms with Crippen molar-refractivity contribution >= 4 is 21.8 Å². The van der Waals surface area contributed by atoms with E-state index in [1.54, 1.807) is 12.4 Å². The molecule has 74 valence electrons. The molecule has 3 rings (SSSR count). The van der Waals surface area contributed by atoms with Gasteiger partial charge in [0.15, 0.2) is 0 Å². The number of fused-ring (bicyclic) bond motifs is 3. The van der Waals surface area contributed by atoms with Gasteiger partial charge in [-0.1, -0.05) is 4.85 Å². The van der Waals surface area contributed by atoms with Crippen LogP contribution in [0.15, 0.2) is 18.5 Å². The quantitative estimate of drug-likeness (QED) is 0.547. The van der Waals surface area contributed by atoms with Crippen molar-refractivity contribution in [2.45, 2.75) is 6.92 Å². The molecule has 0 unspecified atom stereocenters. The number of aromatic nitrogens is 5. The monoisotopic (exact) mass is 201 g/mol. The van der Waals surface area contributed by atoms with Gasteiger partial charge in [0.25, 0.3) is 0 Å². The summed E-state index contributed by atoms with van der Waals surface area (Å²) in [6, 6.07) is 1.92. The maximum absolute atomic E-state index is 9.46. The van der Waals surface area contributed by atoms with Crippen LogP contribution < -0.4 is 0 Å². The Bertz CT molecular complexity index is 660. The van der Waals surface area contributed by atoms with Gasteiger partial charge >= 0.3 is 0 Å². The van der Waals surface area contributed by atoms with Crippen LogP contribution in [-0.4, -0.2) is 30.6 Å². The average molecular weight is 201 g/mol. The second-order valence-electron chi connectivity index (χ2n) is 3.36. The van der Waals surface area contributed by atoms with Gasteiger partial charge in [0.05, 0.1) is 12.4 Å². The number of nitrogens with zero attached hydrogens (tertiary/aromatic N) is 5. The number of hydrogen-bond donors (Lipinski definition) is 1. The van der Waals surface area contributed by atoms with Crippen molar-refractivity contribution in [2.24, 2.45) is 0 Å². The molecule has 0 saturated heterocycles. The third kappa shape index (κ3) is 0.983. The van der Waals surface area contributed by atoms with Crippen LogP contribution in [0.1, 0.15) is 5.56 Å². The topological polar surface area (TPSA) is 76.7 Å². The second-order valence-corrected chi connectivity index (χ2v) is 3.36. The normalized spacial score (nSPS) is 11.3. The van der Waals surface area contributed by atoms with Gasteiger partial charge in [-0.05, 0) is 23.8 Å². The van der Waals surface area contributed by atoms with Crippen molar-refractivity contribution in [3.63, 3.8) is 0 Å². The van der Waals surface area contributed by atoms with E-state index in [4.69, 9.17) is 0 Å². The third-order valence-electron chi connectivity index (χ3n) is 2.42. The van der Waals surface area contributed by atoms with Gasteiger partial charge in [-0.15, -0.1) is 5.10 Å².